The van der Waals surface area contributed by atoms with E-state index in [9.17, 15) is 0 Å². The average molecular weight is 1020 g/mol. The van der Waals surface area contributed by atoms with Crippen molar-refractivity contribution < 1.29 is 0 Å². The summed E-state index contributed by atoms with van der Waals surface area (Å²) in [7, 11) is 0. The van der Waals surface area contributed by atoms with Crippen molar-refractivity contribution in [2.45, 2.75) is 221 Å². The Morgan fingerprint density at radius 2 is 0.200 bits per heavy atom. The first-order chi connectivity index (χ1) is 36.1. The first kappa shape index (κ1) is 80.9. The van der Waals surface area contributed by atoms with E-state index in [1.165, 1.54) is 38.9 Å². The van der Waals surface area contributed by atoms with E-state index in [0.29, 0.717) is 41.4 Å². The predicted molar refractivity (Wildman–Crippen MR) is 352 cm³/mol. The maximum absolute atomic E-state index is 2.20. The summed E-state index contributed by atoms with van der Waals surface area (Å²) in [5.74, 6) is 4.61. The summed E-state index contributed by atoms with van der Waals surface area (Å²) in [6, 6.07) is 73.6. The van der Waals surface area contributed by atoms with Gasteiger partial charge in [0.05, 0.1) is 0 Å². The molecule has 0 saturated heterocycles. The normalized spacial score (nSPS) is 8.97. The molecule has 0 bridgehead atoms. The van der Waals surface area contributed by atoms with Gasteiger partial charge in [-0.25, -0.2) is 0 Å². The number of rotatable bonds is 7. The zero-order chi connectivity index (χ0) is 58.8. The van der Waals surface area contributed by atoms with Gasteiger partial charge in [-0.3, -0.25) is 0 Å². The summed E-state index contributed by atoms with van der Waals surface area (Å²) >= 11 is 0. The Kier molecular flexibility index (Phi) is 65.9. The van der Waals surface area contributed by atoms with Gasteiger partial charge in [-0.1, -0.05) is 392 Å². The van der Waals surface area contributed by atoms with Crippen molar-refractivity contribution in [1.82, 2.24) is 0 Å². The third-order valence-corrected chi connectivity index (χ3v) is 10.3. The summed E-state index contributed by atoms with van der Waals surface area (Å²) in [6.07, 6.45) is 0. The van der Waals surface area contributed by atoms with E-state index in [-0.39, 0.29) is 0 Å². The van der Waals surface area contributed by atoms with Gasteiger partial charge >= 0.3 is 0 Å². The molecule has 0 saturated carbocycles. The second-order valence-electron chi connectivity index (χ2n) is 18.0. The highest BCUT2D eigenvalue weighted by atomic mass is 14.0. The van der Waals surface area contributed by atoms with E-state index < -0.39 is 0 Å². The molecule has 7 rings (SSSR count). The van der Waals surface area contributed by atoms with Crippen molar-refractivity contribution in [1.29, 1.82) is 0 Å². The lowest BCUT2D eigenvalue weighted by molar-refractivity contribution is 0.867. The minimum atomic E-state index is 0.659. The summed E-state index contributed by atoms with van der Waals surface area (Å²) < 4.78 is 0. The van der Waals surface area contributed by atoms with E-state index >= 15 is 0 Å². The molecular weight excluding hydrogens is 901 g/mol. The Labute approximate surface area is 470 Å². The highest BCUT2D eigenvalue weighted by Crippen LogP contribution is 2.16. The lowest BCUT2D eigenvalue weighted by Crippen LogP contribution is -1.83. The van der Waals surface area contributed by atoms with Crippen LogP contribution < -0.4 is 0 Å². The topological polar surface area (TPSA) is 0 Å². The van der Waals surface area contributed by atoms with Crippen molar-refractivity contribution in [2.75, 3.05) is 0 Å². The highest BCUT2D eigenvalue weighted by Gasteiger charge is 1.97. The van der Waals surface area contributed by atoms with Crippen LogP contribution in [0.15, 0.2) is 212 Å². The molecule has 0 N–H and O–H groups in total. The Balaban J connectivity index is -0.000000179. The van der Waals surface area contributed by atoms with Crippen LogP contribution in [0.25, 0.3) is 0 Å². The molecule has 0 atom stereocenters. The van der Waals surface area contributed by atoms with Crippen LogP contribution in [0.5, 0.6) is 0 Å². The van der Waals surface area contributed by atoms with Crippen molar-refractivity contribution in [3.63, 3.8) is 0 Å². The van der Waals surface area contributed by atoms with Gasteiger partial charge in [0.25, 0.3) is 0 Å². The number of hydrogen-bond acceptors (Lipinski definition) is 0. The molecule has 7 aromatic carbocycles. The van der Waals surface area contributed by atoms with Gasteiger partial charge < -0.3 is 0 Å². The SMILES string of the molecule is CC.CC.CC.CC.CC.CC.CC(C)c1ccccc1.CC(C)c1ccccc1.CC(C)c1ccccc1.CC(C)c1ccccc1.CC(C)c1ccccc1.CC(C)c1ccccc1.CC(C)c1ccccc1. The zero-order valence-electron chi connectivity index (χ0n) is 53.7. The molecule has 0 radical (unpaired) electrons. The number of benzene rings is 7. The molecule has 0 fully saturated rings. The van der Waals surface area contributed by atoms with Crippen LogP contribution in [0.1, 0.15) is 260 Å². The van der Waals surface area contributed by atoms with Crippen LogP contribution in [-0.4, -0.2) is 0 Å². The molecule has 0 aliphatic rings. The van der Waals surface area contributed by atoms with Gasteiger partial charge in [-0.05, 0) is 80.4 Å². The van der Waals surface area contributed by atoms with Crippen LogP contribution in [-0.2, 0) is 0 Å². The summed E-state index contributed by atoms with van der Waals surface area (Å²) in [5, 5.41) is 0. The van der Waals surface area contributed by atoms with Crippen molar-refractivity contribution >= 4 is 0 Å². The molecule has 0 aromatic heterocycles. The van der Waals surface area contributed by atoms with Crippen LogP contribution >= 0.6 is 0 Å². The third-order valence-electron chi connectivity index (χ3n) is 10.3. The Morgan fingerprint density at radius 1 is 0.133 bits per heavy atom. The van der Waals surface area contributed by atoms with Gasteiger partial charge in [-0.15, -0.1) is 0 Å². The van der Waals surface area contributed by atoms with Crippen LogP contribution in [0, 0.1) is 0 Å². The molecule has 0 heteroatoms. The van der Waals surface area contributed by atoms with Crippen LogP contribution in [0.3, 0.4) is 0 Å². The molecule has 7 aromatic rings. The summed E-state index contributed by atoms with van der Waals surface area (Å²) in [5.41, 5.74) is 9.90. The zero-order valence-corrected chi connectivity index (χ0v) is 53.7. The Bertz CT molecular complexity index is 1570. The van der Waals surface area contributed by atoms with E-state index in [4.69, 9.17) is 0 Å². The average Bonchev–Trinajstić information content (AvgIpc) is 3.48. The highest BCUT2D eigenvalue weighted by molar-refractivity contribution is 5.22. The van der Waals surface area contributed by atoms with E-state index in [1.54, 1.807) is 0 Å². The van der Waals surface area contributed by atoms with Gasteiger partial charge in [-0.2, -0.15) is 0 Å². The first-order valence-electron chi connectivity index (χ1n) is 29.5. The molecule has 0 aliphatic carbocycles. The van der Waals surface area contributed by atoms with Crippen molar-refractivity contribution in [2.24, 2.45) is 0 Å². The smallest absolute Gasteiger partial charge is 0.0219 e. The van der Waals surface area contributed by atoms with Crippen LogP contribution in [0.2, 0.25) is 0 Å². The van der Waals surface area contributed by atoms with Crippen LogP contribution in [0.4, 0.5) is 0 Å². The summed E-state index contributed by atoms with van der Waals surface area (Å²) in [4.78, 5) is 0. The van der Waals surface area contributed by atoms with Gasteiger partial charge in [0, 0.05) is 0 Å². The minimum Gasteiger partial charge on any atom is -0.0683 e. The molecule has 0 heterocycles. The van der Waals surface area contributed by atoms with Gasteiger partial charge in [0.15, 0.2) is 0 Å². The summed E-state index contributed by atoms with van der Waals surface area (Å²) in [6.45, 7) is 54.9. The van der Waals surface area contributed by atoms with E-state index in [0.717, 1.165) is 0 Å². The number of hydrogen-bond donors (Lipinski definition) is 0. The van der Waals surface area contributed by atoms with Gasteiger partial charge in [0.2, 0.25) is 0 Å². The first-order valence-corrected chi connectivity index (χ1v) is 29.5. The van der Waals surface area contributed by atoms with Crippen molar-refractivity contribution in [3.8, 4) is 0 Å². The second-order valence-corrected chi connectivity index (χ2v) is 18.0. The predicted octanol–water partition coefficient (Wildman–Crippen LogP) is 25.8. The second kappa shape index (κ2) is 61.1. The fraction of sp³-hybridized carbons (Fsp3) is 0.440. The maximum atomic E-state index is 2.20. The largest absolute Gasteiger partial charge is 0.0683 e. The quantitative estimate of drug-likeness (QED) is 0.149. The Hall–Kier alpha value is -5.46. The van der Waals surface area contributed by atoms with E-state index in [1.807, 2.05) is 126 Å². The lowest BCUT2D eigenvalue weighted by Gasteiger charge is -2.01. The fourth-order valence-corrected chi connectivity index (χ4v) is 5.87. The molecule has 75 heavy (non-hydrogen) atoms. The van der Waals surface area contributed by atoms with Crippen molar-refractivity contribution in [3.05, 3.63) is 251 Å². The monoisotopic (exact) mass is 1020 g/mol. The molecule has 0 spiro atoms. The standard InChI is InChI=1S/7C9H12.6C2H6/c7*1-8(2)9-6-4-3-5-7-9;6*1-2/h7*3-8H,1-2H3;6*1-2H3. The third kappa shape index (κ3) is 49.2. The maximum Gasteiger partial charge on any atom is -0.0219 e. The molecule has 0 unspecified atom stereocenters. The molecular formula is C75H120. The fourth-order valence-electron chi connectivity index (χ4n) is 5.87. The van der Waals surface area contributed by atoms with E-state index in [2.05, 4.69) is 267 Å². The minimum absolute atomic E-state index is 0.659. The molecule has 0 aliphatic heterocycles. The van der Waals surface area contributed by atoms with Gasteiger partial charge in [0.1, 0.15) is 0 Å². The molecule has 0 amide bonds. The molecule has 0 nitrogen and oxygen atoms in total. The lowest BCUT2D eigenvalue weighted by atomic mass is 10.0. The Morgan fingerprint density at radius 3 is 0.240 bits per heavy atom. The molecule has 420 valence electrons.